The number of amides is 4. The Morgan fingerprint density at radius 1 is 1.04 bits per heavy atom. The van der Waals surface area contributed by atoms with Gasteiger partial charge in [0.05, 0.1) is 6.54 Å². The summed E-state index contributed by atoms with van der Waals surface area (Å²) >= 11 is 0. The van der Waals surface area contributed by atoms with Gasteiger partial charge in [-0.15, -0.1) is 0 Å². The number of hydrogen-bond acceptors (Lipinski definition) is 4. The van der Waals surface area contributed by atoms with Gasteiger partial charge in [0.1, 0.15) is 12.3 Å². The first kappa shape index (κ1) is 19.9. The Hall–Kier alpha value is -3.10. The molecule has 0 saturated heterocycles. The lowest BCUT2D eigenvalue weighted by atomic mass is 10.1. The maximum absolute atomic E-state index is 11.7. The molecule has 0 fully saturated rings. The minimum absolute atomic E-state index is 0.182. The van der Waals surface area contributed by atoms with Crippen LogP contribution in [0.4, 0.5) is 15.3 Å². The maximum atomic E-state index is 11.7. The Balaban J connectivity index is 2.21. The zero-order valence-corrected chi connectivity index (χ0v) is 13.7. The van der Waals surface area contributed by atoms with Gasteiger partial charge in [-0.3, -0.25) is 0 Å². The molecule has 1 aromatic rings. The number of carboxylic acids is 1. The smallest absolute Gasteiger partial charge is 0.326 e. The molecule has 0 aromatic heterocycles. The highest BCUT2D eigenvalue weighted by Gasteiger charge is 2.19. The lowest BCUT2D eigenvalue weighted by Crippen LogP contribution is -2.46. The first-order chi connectivity index (χ1) is 12.0. The van der Waals surface area contributed by atoms with E-state index in [2.05, 4.69) is 21.3 Å². The van der Waals surface area contributed by atoms with E-state index in [4.69, 9.17) is 5.11 Å². The van der Waals surface area contributed by atoms with Crippen LogP contribution in [0.3, 0.4) is 0 Å². The van der Waals surface area contributed by atoms with Crippen molar-refractivity contribution in [1.82, 2.24) is 16.0 Å². The van der Waals surface area contributed by atoms with Crippen LogP contribution in [0, 0.1) is 0 Å². The number of para-hydroxylation sites is 1. The van der Waals surface area contributed by atoms with Crippen LogP contribution in [0.1, 0.15) is 19.3 Å². The van der Waals surface area contributed by atoms with E-state index in [-0.39, 0.29) is 19.0 Å². The van der Waals surface area contributed by atoms with Gasteiger partial charge >= 0.3 is 18.0 Å². The van der Waals surface area contributed by atoms with Gasteiger partial charge in [0.15, 0.2) is 0 Å². The van der Waals surface area contributed by atoms with Crippen molar-refractivity contribution in [2.75, 3.05) is 18.4 Å². The molecule has 0 saturated carbocycles. The zero-order valence-electron chi connectivity index (χ0n) is 13.7. The van der Waals surface area contributed by atoms with Crippen LogP contribution in [-0.4, -0.2) is 48.6 Å². The van der Waals surface area contributed by atoms with Gasteiger partial charge in [0.25, 0.3) is 0 Å². The second kappa shape index (κ2) is 11.4. The minimum atomic E-state index is -1.16. The minimum Gasteiger partial charge on any atom is -0.480 e. The van der Waals surface area contributed by atoms with Crippen molar-refractivity contribution in [3.63, 3.8) is 0 Å². The SMILES string of the molecule is O=CCNC(=O)NC(CCCCNC(=O)Nc1ccccc1)C(=O)O. The van der Waals surface area contributed by atoms with E-state index >= 15 is 0 Å². The van der Waals surface area contributed by atoms with Crippen LogP contribution in [-0.2, 0) is 9.59 Å². The predicted molar refractivity (Wildman–Crippen MR) is 91.3 cm³/mol. The van der Waals surface area contributed by atoms with E-state index in [0.717, 1.165) is 0 Å². The largest absolute Gasteiger partial charge is 0.480 e. The Kier molecular flexibility index (Phi) is 9.13. The molecule has 1 rings (SSSR count). The normalized spacial score (nSPS) is 11.0. The van der Waals surface area contributed by atoms with E-state index in [9.17, 15) is 19.2 Å². The Bertz CT molecular complexity index is 579. The molecule has 5 N–H and O–H groups in total. The molecule has 0 aliphatic carbocycles. The van der Waals surface area contributed by atoms with Crippen molar-refractivity contribution in [3.8, 4) is 0 Å². The van der Waals surface area contributed by atoms with Gasteiger partial charge in [-0.1, -0.05) is 18.2 Å². The van der Waals surface area contributed by atoms with Gasteiger partial charge in [0, 0.05) is 12.2 Å². The molecule has 1 atom stereocenters. The number of carbonyl (C=O) groups is 4. The molecule has 1 aromatic carbocycles. The number of benzene rings is 1. The number of aldehydes is 1. The fraction of sp³-hybridized carbons (Fsp3) is 0.375. The molecule has 0 spiro atoms. The topological polar surface area (TPSA) is 137 Å². The number of hydrogen-bond donors (Lipinski definition) is 5. The molecular formula is C16H22N4O5. The number of nitrogens with one attached hydrogen (secondary N) is 4. The van der Waals surface area contributed by atoms with Gasteiger partial charge in [-0.25, -0.2) is 14.4 Å². The predicted octanol–water partition coefficient (Wildman–Crippen LogP) is 0.930. The van der Waals surface area contributed by atoms with Crippen molar-refractivity contribution >= 4 is 30.0 Å². The molecule has 1 unspecified atom stereocenters. The number of aliphatic carboxylic acids is 1. The van der Waals surface area contributed by atoms with Crippen molar-refractivity contribution in [1.29, 1.82) is 0 Å². The van der Waals surface area contributed by atoms with Gasteiger partial charge in [0.2, 0.25) is 0 Å². The van der Waals surface area contributed by atoms with Gasteiger partial charge in [-0.05, 0) is 31.4 Å². The fourth-order valence-electron chi connectivity index (χ4n) is 1.97. The summed E-state index contributed by atoms with van der Waals surface area (Å²) in [5.41, 5.74) is 0.677. The van der Waals surface area contributed by atoms with Gasteiger partial charge < -0.3 is 31.2 Å². The summed E-state index contributed by atoms with van der Waals surface area (Å²) in [5.74, 6) is -1.16. The zero-order chi connectivity index (χ0) is 18.5. The second-order valence-corrected chi connectivity index (χ2v) is 5.15. The molecular weight excluding hydrogens is 328 g/mol. The number of unbranched alkanes of at least 4 members (excludes halogenated alkanes) is 1. The third kappa shape index (κ3) is 8.94. The van der Waals surface area contributed by atoms with E-state index in [1.807, 2.05) is 6.07 Å². The lowest BCUT2D eigenvalue weighted by molar-refractivity contribution is -0.139. The van der Waals surface area contributed by atoms with Crippen LogP contribution < -0.4 is 21.3 Å². The van der Waals surface area contributed by atoms with Crippen molar-refractivity contribution < 1.29 is 24.3 Å². The summed E-state index contributed by atoms with van der Waals surface area (Å²) in [4.78, 5) is 44.2. The van der Waals surface area contributed by atoms with Crippen LogP contribution in [0.25, 0.3) is 0 Å². The molecule has 25 heavy (non-hydrogen) atoms. The summed E-state index contributed by atoms with van der Waals surface area (Å²) in [6.45, 7) is 0.195. The number of urea groups is 2. The molecule has 136 valence electrons. The average molecular weight is 350 g/mol. The summed E-state index contributed by atoms with van der Waals surface area (Å²) in [5, 5.41) is 18.9. The van der Waals surface area contributed by atoms with Crippen LogP contribution in [0.15, 0.2) is 30.3 Å². The highest BCUT2D eigenvalue weighted by atomic mass is 16.4. The Labute approximate surface area is 145 Å². The summed E-state index contributed by atoms with van der Waals surface area (Å²) in [6.07, 6.45) is 1.77. The van der Waals surface area contributed by atoms with Crippen LogP contribution >= 0.6 is 0 Å². The molecule has 0 bridgehead atoms. The number of carbonyl (C=O) groups excluding carboxylic acids is 3. The fourth-order valence-corrected chi connectivity index (χ4v) is 1.97. The summed E-state index contributed by atoms with van der Waals surface area (Å²) in [6, 6.07) is 6.88. The summed E-state index contributed by atoms with van der Waals surface area (Å²) < 4.78 is 0. The number of anilines is 1. The van der Waals surface area contributed by atoms with Crippen LogP contribution in [0.2, 0.25) is 0 Å². The summed E-state index contributed by atoms with van der Waals surface area (Å²) in [7, 11) is 0. The first-order valence-electron chi connectivity index (χ1n) is 7.83. The lowest BCUT2D eigenvalue weighted by Gasteiger charge is -2.14. The van der Waals surface area contributed by atoms with Crippen molar-refractivity contribution in [2.45, 2.75) is 25.3 Å². The van der Waals surface area contributed by atoms with Crippen molar-refractivity contribution in [3.05, 3.63) is 30.3 Å². The Morgan fingerprint density at radius 3 is 2.40 bits per heavy atom. The number of rotatable bonds is 10. The third-order valence-corrected chi connectivity index (χ3v) is 3.19. The van der Waals surface area contributed by atoms with E-state index in [1.165, 1.54) is 0 Å². The van der Waals surface area contributed by atoms with Crippen molar-refractivity contribution in [2.24, 2.45) is 0 Å². The molecule has 0 aliphatic heterocycles. The average Bonchev–Trinajstić information content (AvgIpc) is 2.59. The maximum Gasteiger partial charge on any atom is 0.326 e. The molecule has 0 heterocycles. The quantitative estimate of drug-likeness (QED) is 0.316. The molecule has 9 nitrogen and oxygen atoms in total. The first-order valence-corrected chi connectivity index (χ1v) is 7.83. The highest BCUT2D eigenvalue weighted by molar-refractivity contribution is 5.89. The molecule has 0 radical (unpaired) electrons. The molecule has 4 amide bonds. The van der Waals surface area contributed by atoms with E-state index in [0.29, 0.717) is 31.4 Å². The van der Waals surface area contributed by atoms with Crippen LogP contribution in [0.5, 0.6) is 0 Å². The van der Waals surface area contributed by atoms with E-state index in [1.54, 1.807) is 24.3 Å². The van der Waals surface area contributed by atoms with E-state index < -0.39 is 18.0 Å². The third-order valence-electron chi connectivity index (χ3n) is 3.19. The molecule has 0 aliphatic rings. The highest BCUT2D eigenvalue weighted by Crippen LogP contribution is 2.04. The Morgan fingerprint density at radius 2 is 1.76 bits per heavy atom. The molecule has 9 heteroatoms. The monoisotopic (exact) mass is 350 g/mol. The van der Waals surface area contributed by atoms with Gasteiger partial charge in [-0.2, -0.15) is 0 Å². The number of carboxylic acid groups (broad SMARTS) is 1. The standard InChI is InChI=1S/C16H22N4O5/c21-11-10-18-16(25)20-13(14(22)23)8-4-5-9-17-15(24)19-12-6-2-1-3-7-12/h1-3,6-7,11,13H,4-5,8-10H2,(H,22,23)(H2,17,19,24)(H2,18,20,25). The second-order valence-electron chi connectivity index (χ2n) is 5.15.